The number of hydrogen-bond acceptors (Lipinski definition) is 2. The maximum absolute atomic E-state index is 12.8. The minimum Gasteiger partial charge on any atom is -0.350 e. The molecule has 1 rings (SSSR count). The quantitative estimate of drug-likeness (QED) is 0.933. The molecule has 1 amide bonds. The summed E-state index contributed by atoms with van der Waals surface area (Å²) in [5, 5.41) is 11.4. The van der Waals surface area contributed by atoms with Crippen molar-refractivity contribution in [3.8, 4) is 6.07 Å². The van der Waals surface area contributed by atoms with Crippen LogP contribution >= 0.6 is 15.9 Å². The van der Waals surface area contributed by atoms with Crippen LogP contribution in [0.25, 0.3) is 0 Å². The second-order valence-corrected chi connectivity index (χ2v) is 5.16. The van der Waals surface area contributed by atoms with Crippen LogP contribution in [-0.2, 0) is 0 Å². The van der Waals surface area contributed by atoms with Gasteiger partial charge in [0.05, 0.1) is 17.0 Å². The van der Waals surface area contributed by atoms with E-state index in [0.29, 0.717) is 10.0 Å². The molecule has 90 valence electrons. The number of carbonyl (C=O) groups excluding carboxylic acids is 1. The van der Waals surface area contributed by atoms with E-state index in [9.17, 15) is 9.18 Å². The molecule has 0 saturated heterocycles. The van der Waals surface area contributed by atoms with Crippen molar-refractivity contribution >= 4 is 21.8 Å². The first kappa shape index (κ1) is 13.7. The molecular formula is C12H12BrFN2O. The van der Waals surface area contributed by atoms with Crippen molar-refractivity contribution in [2.75, 3.05) is 6.54 Å². The van der Waals surface area contributed by atoms with Crippen molar-refractivity contribution in [3.05, 3.63) is 34.1 Å². The summed E-state index contributed by atoms with van der Waals surface area (Å²) >= 11 is 3.12. The molecule has 1 N–H and O–H groups in total. The molecule has 5 heteroatoms. The van der Waals surface area contributed by atoms with Gasteiger partial charge in [0.25, 0.3) is 5.91 Å². The van der Waals surface area contributed by atoms with Gasteiger partial charge in [-0.25, -0.2) is 4.39 Å². The van der Waals surface area contributed by atoms with Gasteiger partial charge in [-0.15, -0.1) is 0 Å². The number of nitrogens with one attached hydrogen (secondary N) is 1. The lowest BCUT2D eigenvalue weighted by Gasteiger charge is -2.16. The predicted molar refractivity (Wildman–Crippen MR) is 65.8 cm³/mol. The maximum atomic E-state index is 12.8. The molecule has 0 saturated carbocycles. The Morgan fingerprint density at radius 1 is 1.59 bits per heavy atom. The summed E-state index contributed by atoms with van der Waals surface area (Å²) in [5.41, 5.74) is -0.275. The maximum Gasteiger partial charge on any atom is 0.252 e. The lowest BCUT2D eigenvalue weighted by molar-refractivity contribution is 0.0943. The van der Waals surface area contributed by atoms with Crippen molar-refractivity contribution < 1.29 is 9.18 Å². The first-order valence-electron chi connectivity index (χ1n) is 5.00. The van der Waals surface area contributed by atoms with Crippen LogP contribution in [0.5, 0.6) is 0 Å². The largest absolute Gasteiger partial charge is 0.350 e. The summed E-state index contributed by atoms with van der Waals surface area (Å²) in [6, 6.07) is 5.93. The number of hydrogen-bond donors (Lipinski definition) is 1. The van der Waals surface area contributed by atoms with Crippen LogP contribution in [0.1, 0.15) is 24.2 Å². The molecule has 0 aromatic heterocycles. The zero-order valence-electron chi connectivity index (χ0n) is 9.55. The Kier molecular flexibility index (Phi) is 4.24. The molecule has 0 heterocycles. The van der Waals surface area contributed by atoms with Crippen LogP contribution in [0.15, 0.2) is 22.7 Å². The monoisotopic (exact) mass is 298 g/mol. The van der Waals surface area contributed by atoms with Crippen LogP contribution in [0.2, 0.25) is 0 Å². The average molecular weight is 299 g/mol. The van der Waals surface area contributed by atoms with Gasteiger partial charge in [-0.1, -0.05) is 0 Å². The standard InChI is InChI=1S/C12H12BrFN2O/c1-12(2,6-15)7-16-11(17)9-4-3-8(14)5-10(9)13/h3-5H,7H2,1-2H3,(H,16,17). The first-order chi connectivity index (χ1) is 7.85. The molecule has 0 radical (unpaired) electrons. The fourth-order valence-electron chi connectivity index (χ4n) is 1.11. The van der Waals surface area contributed by atoms with Gasteiger partial charge < -0.3 is 5.32 Å². The number of amides is 1. The molecular weight excluding hydrogens is 287 g/mol. The van der Waals surface area contributed by atoms with Crippen LogP contribution in [0.3, 0.4) is 0 Å². The summed E-state index contributed by atoms with van der Waals surface area (Å²) in [5.74, 6) is -0.744. The van der Waals surface area contributed by atoms with E-state index in [4.69, 9.17) is 5.26 Å². The van der Waals surface area contributed by atoms with E-state index in [2.05, 4.69) is 27.3 Å². The molecule has 0 unspecified atom stereocenters. The normalized spacial score (nSPS) is 10.8. The number of carbonyl (C=O) groups is 1. The highest BCUT2D eigenvalue weighted by Gasteiger charge is 2.19. The lowest BCUT2D eigenvalue weighted by atomic mass is 9.96. The highest BCUT2D eigenvalue weighted by Crippen LogP contribution is 2.18. The van der Waals surface area contributed by atoms with E-state index in [1.165, 1.54) is 18.2 Å². The minimum absolute atomic E-state index is 0.242. The molecule has 0 atom stereocenters. The Balaban J connectivity index is 2.75. The fourth-order valence-corrected chi connectivity index (χ4v) is 1.64. The van der Waals surface area contributed by atoms with E-state index < -0.39 is 11.2 Å². The highest BCUT2D eigenvalue weighted by molar-refractivity contribution is 9.10. The second kappa shape index (κ2) is 5.28. The molecule has 0 aliphatic heterocycles. The number of nitrogens with zero attached hydrogens (tertiary/aromatic N) is 1. The van der Waals surface area contributed by atoms with Crippen molar-refractivity contribution in [2.45, 2.75) is 13.8 Å². The van der Waals surface area contributed by atoms with Crippen LogP contribution in [0, 0.1) is 22.6 Å². The van der Waals surface area contributed by atoms with Crippen LogP contribution in [-0.4, -0.2) is 12.5 Å². The average Bonchev–Trinajstić information content (AvgIpc) is 2.26. The predicted octanol–water partition coefficient (Wildman–Crippen LogP) is 2.87. The summed E-state index contributed by atoms with van der Waals surface area (Å²) in [4.78, 5) is 11.8. The summed E-state index contributed by atoms with van der Waals surface area (Å²) in [7, 11) is 0. The summed E-state index contributed by atoms with van der Waals surface area (Å²) < 4.78 is 13.2. The Labute approximate surface area is 108 Å². The van der Waals surface area contributed by atoms with Gasteiger partial charge in [0.1, 0.15) is 5.82 Å². The smallest absolute Gasteiger partial charge is 0.252 e. The zero-order valence-corrected chi connectivity index (χ0v) is 11.1. The molecule has 1 aromatic rings. The molecule has 17 heavy (non-hydrogen) atoms. The Morgan fingerprint density at radius 2 is 2.24 bits per heavy atom. The van der Waals surface area contributed by atoms with Crippen molar-refractivity contribution in [2.24, 2.45) is 5.41 Å². The molecule has 0 aliphatic carbocycles. The number of halogens is 2. The molecule has 0 bridgehead atoms. The van der Waals surface area contributed by atoms with Gasteiger partial charge in [0.15, 0.2) is 0 Å². The minimum atomic E-state index is -0.623. The molecule has 0 aliphatic rings. The van der Waals surface area contributed by atoms with E-state index in [-0.39, 0.29) is 12.5 Å². The fraction of sp³-hybridized carbons (Fsp3) is 0.333. The molecule has 3 nitrogen and oxygen atoms in total. The van der Waals surface area contributed by atoms with Gasteiger partial charge >= 0.3 is 0 Å². The van der Waals surface area contributed by atoms with Crippen molar-refractivity contribution in [3.63, 3.8) is 0 Å². The van der Waals surface area contributed by atoms with Gasteiger partial charge in [0.2, 0.25) is 0 Å². The SMILES string of the molecule is CC(C)(C#N)CNC(=O)c1ccc(F)cc1Br. The number of rotatable bonds is 3. The van der Waals surface area contributed by atoms with Crippen LogP contribution in [0.4, 0.5) is 4.39 Å². The summed E-state index contributed by atoms with van der Waals surface area (Å²) in [6.45, 7) is 3.70. The van der Waals surface area contributed by atoms with E-state index in [0.717, 1.165) is 0 Å². The van der Waals surface area contributed by atoms with Gasteiger partial charge in [-0.3, -0.25) is 4.79 Å². The van der Waals surface area contributed by atoms with Crippen molar-refractivity contribution in [1.82, 2.24) is 5.32 Å². The lowest BCUT2D eigenvalue weighted by Crippen LogP contribution is -2.33. The second-order valence-electron chi connectivity index (χ2n) is 4.30. The van der Waals surface area contributed by atoms with E-state index in [1.807, 2.05) is 0 Å². The van der Waals surface area contributed by atoms with Gasteiger partial charge in [-0.05, 0) is 48.0 Å². The molecule has 1 aromatic carbocycles. The Bertz CT molecular complexity index is 480. The Morgan fingerprint density at radius 3 is 2.76 bits per heavy atom. The zero-order chi connectivity index (χ0) is 13.1. The third-order valence-corrected chi connectivity index (χ3v) is 2.83. The molecule has 0 spiro atoms. The topological polar surface area (TPSA) is 52.9 Å². The highest BCUT2D eigenvalue weighted by atomic mass is 79.9. The summed E-state index contributed by atoms with van der Waals surface area (Å²) in [6.07, 6.45) is 0. The van der Waals surface area contributed by atoms with E-state index >= 15 is 0 Å². The first-order valence-corrected chi connectivity index (χ1v) is 5.79. The van der Waals surface area contributed by atoms with E-state index in [1.54, 1.807) is 13.8 Å². The van der Waals surface area contributed by atoms with Gasteiger partial charge in [-0.2, -0.15) is 5.26 Å². The van der Waals surface area contributed by atoms with Crippen LogP contribution < -0.4 is 5.32 Å². The Hall–Kier alpha value is -1.41. The third-order valence-electron chi connectivity index (χ3n) is 2.17. The molecule has 0 fully saturated rings. The number of benzene rings is 1. The van der Waals surface area contributed by atoms with Gasteiger partial charge in [0, 0.05) is 11.0 Å². The number of nitriles is 1. The third kappa shape index (κ3) is 3.82. The van der Waals surface area contributed by atoms with Crippen molar-refractivity contribution in [1.29, 1.82) is 5.26 Å².